The summed E-state index contributed by atoms with van der Waals surface area (Å²) < 4.78 is 0. The Hall–Kier alpha value is -1.02. The average molecular weight is 352 g/mol. The molecule has 1 amide bonds. The van der Waals surface area contributed by atoms with E-state index in [1.54, 1.807) is 0 Å². The highest BCUT2D eigenvalue weighted by Gasteiger charge is 2.37. The number of hydrogen-bond acceptors (Lipinski definition) is 1. The summed E-state index contributed by atoms with van der Waals surface area (Å²) in [5.74, 6) is 1.07. The number of primary amides is 1. The molecule has 1 saturated carbocycles. The number of rotatable bonds is 7. The molecule has 1 aliphatic carbocycles. The van der Waals surface area contributed by atoms with Crippen LogP contribution in [0.15, 0.2) is 24.3 Å². The smallest absolute Gasteiger partial charge is 0.217 e. The summed E-state index contributed by atoms with van der Waals surface area (Å²) in [5.41, 5.74) is 6.91. The van der Waals surface area contributed by atoms with Crippen LogP contribution in [0.5, 0.6) is 0 Å². The molecule has 24 heavy (non-hydrogen) atoms. The molecule has 1 atom stereocenters. The quantitative estimate of drug-likeness (QED) is 0.633. The Kier molecular flexibility index (Phi) is 8.83. The molecule has 2 nitrogen and oxygen atoms in total. The van der Waals surface area contributed by atoms with Crippen LogP contribution in [0.1, 0.15) is 78.2 Å². The molecule has 0 heterocycles. The average Bonchev–Trinajstić information content (AvgIpc) is 2.47. The van der Waals surface area contributed by atoms with E-state index in [1.165, 1.54) is 37.7 Å². The van der Waals surface area contributed by atoms with Crippen molar-refractivity contribution in [2.75, 3.05) is 0 Å². The molecule has 2 rings (SSSR count). The van der Waals surface area contributed by atoms with Crippen LogP contribution < -0.4 is 5.73 Å². The predicted molar refractivity (Wildman–Crippen MR) is 104 cm³/mol. The molecule has 0 saturated heterocycles. The van der Waals surface area contributed by atoms with E-state index in [9.17, 15) is 4.79 Å². The minimum atomic E-state index is -0.195. The highest BCUT2D eigenvalue weighted by molar-refractivity contribution is 6.30. The maximum absolute atomic E-state index is 10.2. The normalized spacial score (nSPS) is 16.8. The molecule has 1 fully saturated rings. The first kappa shape index (κ1) is 21.0. The molecule has 0 bridgehead atoms. The zero-order valence-electron chi connectivity index (χ0n) is 15.8. The maximum Gasteiger partial charge on any atom is 0.217 e. The third-order valence-electron chi connectivity index (χ3n) is 5.21. The van der Waals surface area contributed by atoms with Gasteiger partial charge in [0.25, 0.3) is 0 Å². The van der Waals surface area contributed by atoms with Crippen molar-refractivity contribution in [2.24, 2.45) is 17.6 Å². The number of carbonyl (C=O) groups excluding carboxylic acids is 1. The highest BCUT2D eigenvalue weighted by Crippen LogP contribution is 2.47. The monoisotopic (exact) mass is 351 g/mol. The highest BCUT2D eigenvalue weighted by atomic mass is 35.5. The van der Waals surface area contributed by atoms with Crippen molar-refractivity contribution < 1.29 is 4.79 Å². The molecule has 1 aromatic rings. The second-order valence-corrected chi connectivity index (χ2v) is 8.19. The van der Waals surface area contributed by atoms with Gasteiger partial charge in [0.1, 0.15) is 0 Å². The Balaban J connectivity index is 0.000000307. The lowest BCUT2D eigenvalue weighted by molar-refractivity contribution is -0.118. The molecule has 1 unspecified atom stereocenters. The molecule has 136 valence electrons. The number of carbonyl (C=O) groups is 1. The van der Waals surface area contributed by atoms with E-state index in [0.29, 0.717) is 17.8 Å². The van der Waals surface area contributed by atoms with Gasteiger partial charge >= 0.3 is 0 Å². The Morgan fingerprint density at radius 1 is 1.21 bits per heavy atom. The summed E-state index contributed by atoms with van der Waals surface area (Å²) in [4.78, 5) is 10.2. The third-order valence-corrected chi connectivity index (χ3v) is 5.47. The number of benzene rings is 1. The molecule has 2 N–H and O–H groups in total. The van der Waals surface area contributed by atoms with Crippen molar-refractivity contribution >= 4 is 17.5 Å². The van der Waals surface area contributed by atoms with E-state index in [-0.39, 0.29) is 5.91 Å². The fourth-order valence-corrected chi connectivity index (χ4v) is 3.27. The van der Waals surface area contributed by atoms with E-state index in [2.05, 4.69) is 26.0 Å². The summed E-state index contributed by atoms with van der Waals surface area (Å²) in [6.07, 6.45) is 8.35. The van der Waals surface area contributed by atoms with Crippen LogP contribution in [0.4, 0.5) is 0 Å². The van der Waals surface area contributed by atoms with Crippen LogP contribution in [0.2, 0.25) is 5.02 Å². The second kappa shape index (κ2) is 10.1. The molecule has 0 aliphatic heterocycles. The lowest BCUT2D eigenvalue weighted by Gasteiger charge is -2.43. The van der Waals surface area contributed by atoms with E-state index >= 15 is 0 Å². The van der Waals surface area contributed by atoms with E-state index in [0.717, 1.165) is 17.4 Å². The minimum absolute atomic E-state index is 0.195. The minimum Gasteiger partial charge on any atom is -0.370 e. The molecule has 3 heteroatoms. The van der Waals surface area contributed by atoms with Gasteiger partial charge in [-0.15, -0.1) is 0 Å². The summed E-state index contributed by atoms with van der Waals surface area (Å²) in [5, 5.41) is 0.849. The Labute approximate surface area is 153 Å². The van der Waals surface area contributed by atoms with Gasteiger partial charge in [-0.1, -0.05) is 70.7 Å². The second-order valence-electron chi connectivity index (χ2n) is 7.76. The summed E-state index contributed by atoms with van der Waals surface area (Å²) in [7, 11) is 0. The SMILES string of the molecule is CC(C)CCC1(c2ccc(Cl)cc2)CCC1.CCC(C)CC(N)=O. The molecular weight excluding hydrogens is 318 g/mol. The Morgan fingerprint density at radius 2 is 1.79 bits per heavy atom. The predicted octanol–water partition coefficient (Wildman–Crippen LogP) is 6.11. The van der Waals surface area contributed by atoms with Gasteiger partial charge in [-0.2, -0.15) is 0 Å². The van der Waals surface area contributed by atoms with Crippen molar-refractivity contribution in [3.05, 3.63) is 34.9 Å². The largest absolute Gasteiger partial charge is 0.370 e. The van der Waals surface area contributed by atoms with Crippen LogP contribution in [0.3, 0.4) is 0 Å². The summed E-state index contributed by atoms with van der Waals surface area (Å²) >= 11 is 5.95. The standard InChI is InChI=1S/C15H21Cl.C6H13NO/c1-12(2)8-11-15(9-3-10-15)13-4-6-14(16)7-5-13;1-3-5(2)4-6(7)8/h4-7,12H,3,8-11H2,1-2H3;5H,3-4H2,1-2H3,(H2,7,8). The van der Waals surface area contributed by atoms with Gasteiger partial charge in [-0.25, -0.2) is 0 Å². The fraction of sp³-hybridized carbons (Fsp3) is 0.667. The Morgan fingerprint density at radius 3 is 2.12 bits per heavy atom. The molecule has 1 aliphatic rings. The lowest BCUT2D eigenvalue weighted by Crippen LogP contribution is -2.34. The third kappa shape index (κ3) is 6.84. The number of amides is 1. The van der Waals surface area contributed by atoms with Crippen LogP contribution in [0, 0.1) is 11.8 Å². The van der Waals surface area contributed by atoms with E-state index < -0.39 is 0 Å². The van der Waals surface area contributed by atoms with Gasteiger partial charge in [0.2, 0.25) is 5.91 Å². The molecule has 0 radical (unpaired) electrons. The lowest BCUT2D eigenvalue weighted by atomic mass is 9.61. The molecule has 0 aromatic heterocycles. The zero-order chi connectivity index (χ0) is 18.2. The molecule has 0 spiro atoms. The first-order chi connectivity index (χ1) is 11.3. The van der Waals surface area contributed by atoms with Gasteiger partial charge in [0.05, 0.1) is 0 Å². The van der Waals surface area contributed by atoms with Crippen LogP contribution >= 0.6 is 11.6 Å². The van der Waals surface area contributed by atoms with Crippen molar-refractivity contribution in [2.45, 2.75) is 78.1 Å². The first-order valence-corrected chi connectivity index (χ1v) is 9.71. The number of hydrogen-bond donors (Lipinski definition) is 1. The van der Waals surface area contributed by atoms with Gasteiger partial charge < -0.3 is 5.73 Å². The van der Waals surface area contributed by atoms with Crippen molar-refractivity contribution in [3.8, 4) is 0 Å². The maximum atomic E-state index is 10.2. The Bertz CT molecular complexity index is 491. The van der Waals surface area contributed by atoms with Crippen molar-refractivity contribution in [1.82, 2.24) is 0 Å². The van der Waals surface area contributed by atoms with Gasteiger partial charge in [0, 0.05) is 11.4 Å². The van der Waals surface area contributed by atoms with Crippen LogP contribution in [-0.4, -0.2) is 5.91 Å². The zero-order valence-corrected chi connectivity index (χ0v) is 16.5. The van der Waals surface area contributed by atoms with E-state index in [1.807, 2.05) is 26.0 Å². The van der Waals surface area contributed by atoms with Crippen LogP contribution in [0.25, 0.3) is 0 Å². The summed E-state index contributed by atoms with van der Waals surface area (Å²) in [6.45, 7) is 8.70. The first-order valence-electron chi connectivity index (χ1n) is 9.33. The molecule has 1 aromatic carbocycles. The van der Waals surface area contributed by atoms with Crippen molar-refractivity contribution in [3.63, 3.8) is 0 Å². The number of halogens is 1. The fourth-order valence-electron chi connectivity index (χ4n) is 3.14. The van der Waals surface area contributed by atoms with Gasteiger partial charge in [-0.05, 0) is 54.2 Å². The van der Waals surface area contributed by atoms with Crippen LogP contribution in [-0.2, 0) is 10.2 Å². The number of nitrogens with two attached hydrogens (primary N) is 1. The summed E-state index contributed by atoms with van der Waals surface area (Å²) in [6, 6.07) is 8.52. The topological polar surface area (TPSA) is 43.1 Å². The molecular formula is C21H34ClNO. The van der Waals surface area contributed by atoms with Gasteiger partial charge in [0.15, 0.2) is 0 Å². The van der Waals surface area contributed by atoms with Crippen molar-refractivity contribution in [1.29, 1.82) is 0 Å². The van der Waals surface area contributed by atoms with Gasteiger partial charge in [-0.3, -0.25) is 4.79 Å². The van der Waals surface area contributed by atoms with E-state index in [4.69, 9.17) is 17.3 Å².